The van der Waals surface area contributed by atoms with Crippen molar-refractivity contribution in [1.29, 1.82) is 0 Å². The van der Waals surface area contributed by atoms with Gasteiger partial charge in [0, 0.05) is 6.61 Å². The Hall–Kier alpha value is -0.0400. The van der Waals surface area contributed by atoms with Gasteiger partial charge in [0.25, 0.3) is 0 Å². The van der Waals surface area contributed by atoms with Crippen molar-refractivity contribution in [3.8, 4) is 0 Å². The van der Waals surface area contributed by atoms with Gasteiger partial charge in [-0.25, -0.2) is 0 Å². The highest BCUT2D eigenvalue weighted by atomic mass is 16.2. The number of hydrogen-bond acceptors (Lipinski definition) is 1. The Balaban J connectivity index is 3.42. The van der Waals surface area contributed by atoms with Gasteiger partial charge in [-0.3, -0.25) is 0 Å². The summed E-state index contributed by atoms with van der Waals surface area (Å²) in [6, 6.07) is 0. The van der Waals surface area contributed by atoms with E-state index in [4.69, 9.17) is 5.11 Å². The van der Waals surface area contributed by atoms with Crippen LogP contribution in [-0.4, -0.2) is 11.7 Å². The molecular weight excluding hydrogens is 256 g/mol. The van der Waals surface area contributed by atoms with Gasteiger partial charge in [-0.15, -0.1) is 0 Å². The lowest BCUT2D eigenvalue weighted by molar-refractivity contribution is 0.241. The molecule has 1 nitrogen and oxygen atoms in total. The molecule has 0 radical (unpaired) electrons. The molecule has 21 heavy (non-hydrogen) atoms. The second kappa shape index (κ2) is 14.9. The standard InChI is InChI=1S/C20H42O/c1-4-6-14-17-20(3,5-2)18-15-12-10-8-7-9-11-13-16-19-21/h21H,4-19H2,1-3H3. The van der Waals surface area contributed by atoms with E-state index < -0.39 is 0 Å². The zero-order chi connectivity index (χ0) is 15.8. The van der Waals surface area contributed by atoms with E-state index in [0.29, 0.717) is 12.0 Å². The summed E-state index contributed by atoms with van der Waals surface area (Å²) in [6.45, 7) is 7.55. The van der Waals surface area contributed by atoms with Crippen molar-refractivity contribution >= 4 is 0 Å². The van der Waals surface area contributed by atoms with Crippen LogP contribution in [0, 0.1) is 5.41 Å². The molecular formula is C20H42O. The first-order chi connectivity index (χ1) is 10.2. The molecule has 0 aliphatic heterocycles. The molecule has 0 spiro atoms. The molecule has 0 fully saturated rings. The maximum atomic E-state index is 8.72. The molecule has 0 rings (SSSR count). The molecule has 0 amide bonds. The van der Waals surface area contributed by atoms with Gasteiger partial charge >= 0.3 is 0 Å². The minimum Gasteiger partial charge on any atom is -0.396 e. The fourth-order valence-electron chi connectivity index (χ4n) is 3.18. The lowest BCUT2D eigenvalue weighted by Gasteiger charge is -2.28. The second-order valence-electron chi connectivity index (χ2n) is 7.28. The van der Waals surface area contributed by atoms with Gasteiger partial charge in [0.15, 0.2) is 0 Å². The number of unbranched alkanes of at least 4 members (excludes halogenated alkanes) is 10. The number of aliphatic hydroxyl groups excluding tert-OH is 1. The molecule has 0 saturated heterocycles. The van der Waals surface area contributed by atoms with Crippen molar-refractivity contribution < 1.29 is 5.11 Å². The molecule has 128 valence electrons. The van der Waals surface area contributed by atoms with E-state index in [9.17, 15) is 0 Å². The lowest BCUT2D eigenvalue weighted by Crippen LogP contribution is -2.15. The first-order valence-corrected chi connectivity index (χ1v) is 9.79. The molecule has 1 heteroatoms. The van der Waals surface area contributed by atoms with Crippen molar-refractivity contribution in [2.75, 3.05) is 6.61 Å². The van der Waals surface area contributed by atoms with Crippen LogP contribution in [0.1, 0.15) is 117 Å². The van der Waals surface area contributed by atoms with E-state index in [1.807, 2.05) is 0 Å². The molecule has 0 bridgehead atoms. The topological polar surface area (TPSA) is 20.2 Å². The summed E-state index contributed by atoms with van der Waals surface area (Å²) in [6.07, 6.45) is 20.4. The normalized spacial score (nSPS) is 14.3. The first-order valence-electron chi connectivity index (χ1n) is 9.79. The van der Waals surface area contributed by atoms with E-state index in [1.165, 1.54) is 89.9 Å². The van der Waals surface area contributed by atoms with Crippen LogP contribution < -0.4 is 0 Å². The van der Waals surface area contributed by atoms with Crippen LogP contribution in [0.15, 0.2) is 0 Å². The van der Waals surface area contributed by atoms with Crippen molar-refractivity contribution in [3.05, 3.63) is 0 Å². The monoisotopic (exact) mass is 298 g/mol. The number of hydrogen-bond donors (Lipinski definition) is 1. The van der Waals surface area contributed by atoms with E-state index in [-0.39, 0.29) is 0 Å². The molecule has 0 aliphatic carbocycles. The van der Waals surface area contributed by atoms with Crippen LogP contribution in [0.5, 0.6) is 0 Å². The van der Waals surface area contributed by atoms with E-state index in [0.717, 1.165) is 6.42 Å². The van der Waals surface area contributed by atoms with Crippen LogP contribution in [-0.2, 0) is 0 Å². The molecule has 0 aliphatic rings. The summed E-state index contributed by atoms with van der Waals surface area (Å²) >= 11 is 0. The zero-order valence-corrected chi connectivity index (χ0v) is 15.3. The molecule has 0 heterocycles. The minimum atomic E-state index is 0.369. The molecule has 0 aromatic heterocycles. The smallest absolute Gasteiger partial charge is 0.0431 e. The maximum absolute atomic E-state index is 8.72. The van der Waals surface area contributed by atoms with Gasteiger partial charge in [-0.2, -0.15) is 0 Å². The summed E-state index contributed by atoms with van der Waals surface area (Å²) < 4.78 is 0. The molecule has 1 unspecified atom stereocenters. The van der Waals surface area contributed by atoms with Gasteiger partial charge < -0.3 is 5.11 Å². The average molecular weight is 299 g/mol. The van der Waals surface area contributed by atoms with Crippen LogP contribution >= 0.6 is 0 Å². The highest BCUT2D eigenvalue weighted by molar-refractivity contribution is 4.72. The fourth-order valence-corrected chi connectivity index (χ4v) is 3.18. The first kappa shape index (κ1) is 21.0. The number of aliphatic hydroxyl groups is 1. The van der Waals surface area contributed by atoms with E-state index in [2.05, 4.69) is 20.8 Å². The third-order valence-electron chi connectivity index (χ3n) is 5.18. The summed E-state index contributed by atoms with van der Waals surface area (Å²) in [7, 11) is 0. The summed E-state index contributed by atoms with van der Waals surface area (Å²) in [5, 5.41) is 8.72. The highest BCUT2D eigenvalue weighted by Gasteiger charge is 2.20. The van der Waals surface area contributed by atoms with Crippen molar-refractivity contribution in [3.63, 3.8) is 0 Å². The molecule has 0 aromatic carbocycles. The van der Waals surface area contributed by atoms with Crippen LogP contribution in [0.2, 0.25) is 0 Å². The van der Waals surface area contributed by atoms with Gasteiger partial charge in [0.1, 0.15) is 0 Å². The SMILES string of the molecule is CCCCCC(C)(CC)CCCCCCCCCCCO. The minimum absolute atomic E-state index is 0.369. The third-order valence-corrected chi connectivity index (χ3v) is 5.18. The van der Waals surface area contributed by atoms with Crippen molar-refractivity contribution in [1.82, 2.24) is 0 Å². The molecule has 1 N–H and O–H groups in total. The van der Waals surface area contributed by atoms with Crippen molar-refractivity contribution in [2.24, 2.45) is 5.41 Å². The third kappa shape index (κ3) is 13.4. The Bertz CT molecular complexity index is 202. The molecule has 0 aromatic rings. The Kier molecular flexibility index (Phi) is 14.9. The number of rotatable bonds is 16. The Labute approximate surface area is 134 Å². The molecule has 0 saturated carbocycles. The molecule has 1 atom stereocenters. The van der Waals surface area contributed by atoms with Gasteiger partial charge in [-0.1, -0.05) is 97.8 Å². The Morgan fingerprint density at radius 1 is 0.619 bits per heavy atom. The second-order valence-corrected chi connectivity index (χ2v) is 7.28. The zero-order valence-electron chi connectivity index (χ0n) is 15.3. The van der Waals surface area contributed by atoms with Gasteiger partial charge in [0.05, 0.1) is 0 Å². The Morgan fingerprint density at radius 3 is 1.48 bits per heavy atom. The van der Waals surface area contributed by atoms with Gasteiger partial charge in [-0.05, 0) is 24.7 Å². The fraction of sp³-hybridized carbons (Fsp3) is 1.00. The van der Waals surface area contributed by atoms with Crippen LogP contribution in [0.4, 0.5) is 0 Å². The predicted octanol–water partition coefficient (Wildman–Crippen LogP) is 6.88. The van der Waals surface area contributed by atoms with Gasteiger partial charge in [0.2, 0.25) is 0 Å². The van der Waals surface area contributed by atoms with Crippen molar-refractivity contribution in [2.45, 2.75) is 117 Å². The van der Waals surface area contributed by atoms with E-state index in [1.54, 1.807) is 0 Å². The van der Waals surface area contributed by atoms with Crippen LogP contribution in [0.25, 0.3) is 0 Å². The summed E-state index contributed by atoms with van der Waals surface area (Å²) in [5.41, 5.74) is 0.611. The Morgan fingerprint density at radius 2 is 1.05 bits per heavy atom. The summed E-state index contributed by atoms with van der Waals surface area (Å²) in [4.78, 5) is 0. The summed E-state index contributed by atoms with van der Waals surface area (Å²) in [5.74, 6) is 0. The predicted molar refractivity (Wildman–Crippen MR) is 95.8 cm³/mol. The van der Waals surface area contributed by atoms with E-state index >= 15 is 0 Å². The maximum Gasteiger partial charge on any atom is 0.0431 e. The largest absolute Gasteiger partial charge is 0.396 e. The average Bonchev–Trinajstić information content (AvgIpc) is 2.49. The highest BCUT2D eigenvalue weighted by Crippen LogP contribution is 2.34. The quantitative estimate of drug-likeness (QED) is 0.308. The lowest BCUT2D eigenvalue weighted by atomic mass is 9.78. The van der Waals surface area contributed by atoms with Crippen LogP contribution in [0.3, 0.4) is 0 Å².